The van der Waals surface area contributed by atoms with Crippen LogP contribution in [0.2, 0.25) is 0 Å². The number of hydrogen-bond donors (Lipinski definition) is 4. The maximum atomic E-state index is 13.9. The zero-order valence-corrected chi connectivity index (χ0v) is 35.6. The van der Waals surface area contributed by atoms with Crippen molar-refractivity contribution in [3.8, 4) is 22.4 Å². The summed E-state index contributed by atoms with van der Waals surface area (Å²) >= 11 is 0. The fourth-order valence-corrected chi connectivity index (χ4v) is 9.93. The first-order valence-corrected chi connectivity index (χ1v) is 21.6. The molecule has 3 aromatic carbocycles. The number of piperidine rings is 2. The van der Waals surface area contributed by atoms with E-state index < -0.39 is 24.3 Å². The monoisotopic (exact) mass is 837 g/mol. The van der Waals surface area contributed by atoms with Gasteiger partial charge in [0.2, 0.25) is 11.8 Å². The topological polar surface area (TPSA) is 188 Å². The van der Waals surface area contributed by atoms with Gasteiger partial charge in [-0.3, -0.25) is 9.59 Å². The minimum atomic E-state index is -0.689. The van der Waals surface area contributed by atoms with Crippen molar-refractivity contribution in [1.82, 2.24) is 45.4 Å². The molecule has 0 spiro atoms. The van der Waals surface area contributed by atoms with E-state index in [9.17, 15) is 19.2 Å². The fourth-order valence-electron chi connectivity index (χ4n) is 9.93. The molecule has 0 radical (unpaired) electrons. The van der Waals surface area contributed by atoms with E-state index in [-0.39, 0.29) is 47.8 Å². The Balaban J connectivity index is 0.868. The molecule has 5 heterocycles. The Morgan fingerprint density at radius 2 is 1.06 bits per heavy atom. The molecule has 2 aliphatic heterocycles. The second-order valence-electron chi connectivity index (χ2n) is 18.1. The van der Waals surface area contributed by atoms with E-state index in [2.05, 4.69) is 57.0 Å². The smallest absolute Gasteiger partial charge is 0.407 e. The summed E-state index contributed by atoms with van der Waals surface area (Å²) in [4.78, 5) is 77.9. The van der Waals surface area contributed by atoms with Crippen LogP contribution in [0, 0.1) is 23.7 Å². The molecule has 2 saturated heterocycles. The van der Waals surface area contributed by atoms with Gasteiger partial charge in [0.05, 0.1) is 59.6 Å². The maximum Gasteiger partial charge on any atom is 0.407 e. The molecule has 6 aromatic rings. The Morgan fingerprint density at radius 1 is 0.597 bits per heavy atom. The molecule has 4 fully saturated rings. The zero-order valence-electron chi connectivity index (χ0n) is 35.6. The summed E-state index contributed by atoms with van der Waals surface area (Å²) in [7, 11) is 2.61. The normalized spacial score (nSPS) is 23.4. The zero-order chi connectivity index (χ0) is 43.1. The molecule has 0 unspecified atom stereocenters. The molecule has 10 rings (SSSR count). The van der Waals surface area contributed by atoms with Crippen LogP contribution in [0.1, 0.15) is 77.1 Å². The molecular weight excluding hydrogens is 787 g/mol. The second-order valence-corrected chi connectivity index (χ2v) is 18.1. The van der Waals surface area contributed by atoms with Crippen molar-refractivity contribution in [3.63, 3.8) is 0 Å². The van der Waals surface area contributed by atoms with E-state index in [0.717, 1.165) is 92.7 Å². The summed E-state index contributed by atoms with van der Waals surface area (Å²) in [5, 5.41) is 6.50. The average molecular weight is 838 g/mol. The van der Waals surface area contributed by atoms with Crippen LogP contribution in [0.3, 0.4) is 0 Å². The van der Waals surface area contributed by atoms with Gasteiger partial charge >= 0.3 is 12.2 Å². The van der Waals surface area contributed by atoms with E-state index in [4.69, 9.17) is 24.4 Å². The molecule has 4 N–H and O–H groups in total. The fraction of sp³-hybridized carbons (Fsp3) is 0.426. The van der Waals surface area contributed by atoms with Crippen molar-refractivity contribution in [2.75, 3.05) is 14.2 Å². The Morgan fingerprint density at radius 3 is 1.56 bits per heavy atom. The van der Waals surface area contributed by atoms with E-state index in [1.807, 2.05) is 67.8 Å². The first-order valence-electron chi connectivity index (χ1n) is 21.6. The number of nitrogens with zero attached hydrogens (tertiary/aromatic N) is 5. The number of imidazole rings is 2. The number of rotatable bonds is 10. The summed E-state index contributed by atoms with van der Waals surface area (Å²) in [5.41, 5.74) is 8.13. The summed E-state index contributed by atoms with van der Waals surface area (Å²) in [6.07, 6.45) is 2.37. The first kappa shape index (κ1) is 39.6. The number of hydrogen-bond acceptors (Lipinski definition) is 9. The third-order valence-electron chi connectivity index (χ3n) is 13.5. The van der Waals surface area contributed by atoms with Crippen molar-refractivity contribution < 1.29 is 28.7 Å². The molecule has 15 nitrogen and oxygen atoms in total. The molecular formula is C47H51N9O6. The number of methoxy groups -OCH3 is 2. The van der Waals surface area contributed by atoms with Gasteiger partial charge in [-0.05, 0) is 103 Å². The van der Waals surface area contributed by atoms with Gasteiger partial charge in [-0.2, -0.15) is 0 Å². The van der Waals surface area contributed by atoms with Crippen LogP contribution < -0.4 is 10.6 Å². The molecule has 3 aromatic heterocycles. The molecule has 4 amide bonds. The summed E-state index contributed by atoms with van der Waals surface area (Å²) in [6.45, 7) is 7.69. The number of H-pyrrole nitrogens is 2. The van der Waals surface area contributed by atoms with Crippen LogP contribution in [0.25, 0.3) is 55.4 Å². The predicted octanol–water partition coefficient (Wildman–Crippen LogP) is 7.41. The van der Waals surface area contributed by atoms with Gasteiger partial charge in [-0.1, -0.05) is 52.0 Å². The number of likely N-dealkylation sites (tertiary alicyclic amines) is 2. The van der Waals surface area contributed by atoms with E-state index in [1.54, 1.807) is 0 Å². The standard InChI is InChI=1S/C47H51N9O6/c1-22(2)40(53-46(59)61-5)44(57)55-36-18-28(36)20-38(55)42-49-32-13-8-25(16-34(32)51-42)24-7-11-30-26(15-24)9-12-31(48-30)27-10-14-33-35(17-27)52-43(50-33)39-21-29-19-37(29)56(39)45(58)41(23(3)4)54-47(60)62-6/h7-17,22-23,28-29,36-41H,18-21H2,1-6H3,(H,49,51)(H,50,52)(H,53,59)(H,54,60)/t28-,29-,36-,37-,38+,39+,40+,41+/m1/s1. The number of benzene rings is 3. The first-order chi connectivity index (χ1) is 29.9. The summed E-state index contributed by atoms with van der Waals surface area (Å²) < 4.78 is 9.64. The summed E-state index contributed by atoms with van der Waals surface area (Å²) in [6, 6.07) is 21.2. The number of pyridine rings is 1. The van der Waals surface area contributed by atoms with Crippen LogP contribution in [-0.2, 0) is 19.1 Å². The van der Waals surface area contributed by atoms with Gasteiger partial charge in [0, 0.05) is 23.0 Å². The molecule has 15 heteroatoms. The largest absolute Gasteiger partial charge is 0.453 e. The van der Waals surface area contributed by atoms with Gasteiger partial charge in [0.1, 0.15) is 23.7 Å². The summed E-state index contributed by atoms with van der Waals surface area (Å²) in [5.74, 6) is 1.96. The Kier molecular flexibility index (Phi) is 9.67. The molecule has 320 valence electrons. The van der Waals surface area contributed by atoms with Gasteiger partial charge in [-0.25, -0.2) is 24.5 Å². The lowest BCUT2D eigenvalue weighted by molar-refractivity contribution is -0.137. The highest BCUT2D eigenvalue weighted by Gasteiger charge is 2.57. The lowest BCUT2D eigenvalue weighted by atomic mass is 10.0. The molecule has 4 aliphatic rings. The van der Waals surface area contributed by atoms with E-state index >= 15 is 0 Å². The predicted molar refractivity (Wildman–Crippen MR) is 232 cm³/mol. The molecule has 0 bridgehead atoms. The second kappa shape index (κ2) is 15.1. The van der Waals surface area contributed by atoms with Crippen LogP contribution in [-0.4, -0.2) is 97.1 Å². The van der Waals surface area contributed by atoms with Gasteiger partial charge in [0.25, 0.3) is 0 Å². The number of carbonyl (C=O) groups is 4. The maximum absolute atomic E-state index is 13.9. The lowest BCUT2D eigenvalue weighted by Gasteiger charge is -2.31. The Bertz CT molecular complexity index is 2590. The Labute approximate surface area is 358 Å². The van der Waals surface area contributed by atoms with Gasteiger partial charge in [-0.15, -0.1) is 0 Å². The van der Waals surface area contributed by atoms with Gasteiger partial charge in [0.15, 0.2) is 0 Å². The van der Waals surface area contributed by atoms with Crippen molar-refractivity contribution in [3.05, 3.63) is 78.4 Å². The lowest BCUT2D eigenvalue weighted by Crippen LogP contribution is -2.52. The minimum Gasteiger partial charge on any atom is -0.453 e. The molecule has 8 atom stereocenters. The number of ether oxygens (including phenoxy) is 2. The SMILES string of the molecule is COC(=O)N[C@H](C(=O)N1[C@@H]2C[C@@H]2C[C@H]1c1nc2ccc(-c3ccc4nc(-c5ccc6nc([C@@H]7C[C@H]8C[C@H]8N7C(=O)[C@@H](NC(=O)OC)C(C)C)[nH]c6c5)ccc4c3)cc2[nH]1)C(C)C. The highest BCUT2D eigenvalue weighted by molar-refractivity contribution is 5.91. The van der Waals surface area contributed by atoms with Crippen LogP contribution in [0.15, 0.2) is 66.7 Å². The number of carbonyl (C=O) groups excluding carboxylic acids is 4. The highest BCUT2D eigenvalue weighted by Crippen LogP contribution is 2.54. The average Bonchev–Trinajstić information content (AvgIpc) is 3.93. The number of nitrogens with one attached hydrogen (secondary N) is 4. The van der Waals surface area contributed by atoms with Gasteiger partial charge < -0.3 is 39.9 Å². The van der Waals surface area contributed by atoms with E-state index in [0.29, 0.717) is 11.8 Å². The van der Waals surface area contributed by atoms with Crippen LogP contribution in [0.4, 0.5) is 9.59 Å². The van der Waals surface area contributed by atoms with Crippen molar-refractivity contribution in [2.24, 2.45) is 23.7 Å². The number of alkyl carbamates (subject to hydrolysis) is 2. The number of amides is 4. The van der Waals surface area contributed by atoms with Crippen molar-refractivity contribution in [2.45, 2.75) is 89.6 Å². The quantitative estimate of drug-likeness (QED) is 0.109. The number of aromatic amines is 2. The highest BCUT2D eigenvalue weighted by atomic mass is 16.5. The third kappa shape index (κ3) is 6.96. The van der Waals surface area contributed by atoms with Crippen molar-refractivity contribution >= 4 is 57.0 Å². The number of aromatic nitrogens is 5. The van der Waals surface area contributed by atoms with Crippen LogP contribution >= 0.6 is 0 Å². The molecule has 62 heavy (non-hydrogen) atoms. The molecule has 2 saturated carbocycles. The minimum absolute atomic E-state index is 0.101. The number of fused-ring (bicyclic) bond motifs is 5. The molecule has 2 aliphatic carbocycles. The Hall–Kier alpha value is -6.51. The third-order valence-corrected chi connectivity index (χ3v) is 13.5. The van der Waals surface area contributed by atoms with Crippen molar-refractivity contribution in [1.29, 1.82) is 0 Å². The van der Waals surface area contributed by atoms with Crippen LogP contribution in [0.5, 0.6) is 0 Å². The van der Waals surface area contributed by atoms with E-state index in [1.165, 1.54) is 14.2 Å².